The van der Waals surface area contributed by atoms with Gasteiger partial charge in [-0.25, -0.2) is 0 Å². The maximum absolute atomic E-state index is 9.29. The molecular weight excluding hydrogens is 200 g/mol. The van der Waals surface area contributed by atoms with E-state index in [2.05, 4.69) is 24.0 Å². The number of para-hydroxylation sites is 1. The molecule has 3 nitrogen and oxygen atoms in total. The fourth-order valence-electron chi connectivity index (χ4n) is 1.92. The Balaban J connectivity index is 2.84. The van der Waals surface area contributed by atoms with Crippen molar-refractivity contribution in [1.29, 1.82) is 0 Å². The lowest BCUT2D eigenvalue weighted by Gasteiger charge is -2.24. The predicted molar refractivity (Wildman–Crippen MR) is 68.6 cm³/mol. The average Bonchev–Trinajstić information content (AvgIpc) is 2.25. The van der Waals surface area contributed by atoms with Crippen LogP contribution in [0.3, 0.4) is 0 Å². The van der Waals surface area contributed by atoms with Crippen LogP contribution in [-0.2, 0) is 6.54 Å². The van der Waals surface area contributed by atoms with Gasteiger partial charge in [0.05, 0.1) is 6.10 Å². The van der Waals surface area contributed by atoms with E-state index in [1.807, 2.05) is 20.0 Å². The Hall–Kier alpha value is -1.06. The zero-order chi connectivity index (χ0) is 12.1. The second-order valence-electron chi connectivity index (χ2n) is 4.35. The minimum atomic E-state index is -0.257. The number of hydrogen-bond donors (Lipinski definition) is 2. The van der Waals surface area contributed by atoms with Crippen LogP contribution >= 0.6 is 0 Å². The molecule has 0 aromatic heterocycles. The van der Waals surface area contributed by atoms with E-state index in [1.165, 1.54) is 11.3 Å². The Labute approximate surface area is 97.9 Å². The third-order valence-corrected chi connectivity index (χ3v) is 2.81. The molecule has 0 saturated heterocycles. The Bertz CT molecular complexity index is 337. The van der Waals surface area contributed by atoms with Crippen molar-refractivity contribution >= 4 is 5.69 Å². The fraction of sp³-hybridized carbons (Fsp3) is 0.538. The first kappa shape index (κ1) is 13.0. The number of nitrogens with two attached hydrogens (primary N) is 1. The highest BCUT2D eigenvalue weighted by atomic mass is 16.3. The number of aliphatic hydroxyl groups excluding tert-OH is 1. The average molecular weight is 222 g/mol. The van der Waals surface area contributed by atoms with E-state index in [9.17, 15) is 5.11 Å². The summed E-state index contributed by atoms with van der Waals surface area (Å²) in [5, 5.41) is 9.29. The Morgan fingerprint density at radius 3 is 2.69 bits per heavy atom. The largest absolute Gasteiger partial charge is 0.393 e. The number of aliphatic hydroxyl groups is 1. The van der Waals surface area contributed by atoms with Crippen LogP contribution < -0.4 is 10.6 Å². The monoisotopic (exact) mass is 222 g/mol. The number of anilines is 1. The topological polar surface area (TPSA) is 49.5 Å². The van der Waals surface area contributed by atoms with Crippen LogP contribution in [-0.4, -0.2) is 24.8 Å². The van der Waals surface area contributed by atoms with Gasteiger partial charge in [-0.2, -0.15) is 0 Å². The van der Waals surface area contributed by atoms with Crippen molar-refractivity contribution < 1.29 is 5.11 Å². The van der Waals surface area contributed by atoms with Gasteiger partial charge in [-0.3, -0.25) is 0 Å². The molecule has 0 aliphatic rings. The van der Waals surface area contributed by atoms with Crippen molar-refractivity contribution in [1.82, 2.24) is 0 Å². The molecular formula is C13H22N2O. The zero-order valence-corrected chi connectivity index (χ0v) is 10.4. The third kappa shape index (κ3) is 3.22. The minimum Gasteiger partial charge on any atom is -0.393 e. The highest BCUT2D eigenvalue weighted by Gasteiger charge is 2.09. The summed E-state index contributed by atoms with van der Waals surface area (Å²) in [6.07, 6.45) is 0.516. The van der Waals surface area contributed by atoms with Crippen LogP contribution in [0.2, 0.25) is 0 Å². The van der Waals surface area contributed by atoms with Crippen LogP contribution in [0.5, 0.6) is 0 Å². The van der Waals surface area contributed by atoms with Crippen molar-refractivity contribution in [3.63, 3.8) is 0 Å². The molecule has 16 heavy (non-hydrogen) atoms. The lowest BCUT2D eigenvalue weighted by atomic mass is 10.1. The first-order valence-corrected chi connectivity index (χ1v) is 5.74. The van der Waals surface area contributed by atoms with Gasteiger partial charge < -0.3 is 15.7 Å². The van der Waals surface area contributed by atoms with Gasteiger partial charge in [0.2, 0.25) is 0 Å². The SMILES string of the molecule is Cc1cccc(CN)c1N(C)CCC(C)O. The van der Waals surface area contributed by atoms with Gasteiger partial charge in [-0.1, -0.05) is 18.2 Å². The van der Waals surface area contributed by atoms with Crippen LogP contribution in [0.1, 0.15) is 24.5 Å². The van der Waals surface area contributed by atoms with Gasteiger partial charge in [-0.05, 0) is 31.4 Å². The minimum absolute atomic E-state index is 0.257. The standard InChI is InChI=1S/C13H22N2O/c1-10-5-4-6-12(9-14)13(10)15(3)8-7-11(2)16/h4-6,11,16H,7-9,14H2,1-3H3. The third-order valence-electron chi connectivity index (χ3n) is 2.81. The van der Waals surface area contributed by atoms with Crippen LogP contribution in [0.25, 0.3) is 0 Å². The molecule has 90 valence electrons. The second kappa shape index (κ2) is 5.87. The Morgan fingerprint density at radius 2 is 2.12 bits per heavy atom. The van der Waals surface area contributed by atoms with Crippen molar-refractivity contribution in [2.75, 3.05) is 18.5 Å². The molecule has 0 radical (unpaired) electrons. The zero-order valence-electron chi connectivity index (χ0n) is 10.4. The number of hydrogen-bond acceptors (Lipinski definition) is 3. The van der Waals surface area contributed by atoms with Gasteiger partial charge in [0.15, 0.2) is 0 Å². The van der Waals surface area contributed by atoms with Gasteiger partial charge >= 0.3 is 0 Å². The quantitative estimate of drug-likeness (QED) is 0.796. The second-order valence-corrected chi connectivity index (χ2v) is 4.35. The van der Waals surface area contributed by atoms with E-state index in [1.54, 1.807) is 0 Å². The van der Waals surface area contributed by atoms with E-state index in [0.717, 1.165) is 18.5 Å². The van der Waals surface area contributed by atoms with E-state index in [0.29, 0.717) is 6.54 Å². The van der Waals surface area contributed by atoms with Crippen LogP contribution in [0, 0.1) is 6.92 Å². The highest BCUT2D eigenvalue weighted by molar-refractivity contribution is 5.58. The molecule has 0 fully saturated rings. The van der Waals surface area contributed by atoms with Gasteiger partial charge in [0.25, 0.3) is 0 Å². The molecule has 0 bridgehead atoms. The summed E-state index contributed by atoms with van der Waals surface area (Å²) in [5.74, 6) is 0. The first-order valence-electron chi connectivity index (χ1n) is 5.74. The lowest BCUT2D eigenvalue weighted by Crippen LogP contribution is -2.24. The first-order chi connectivity index (χ1) is 7.56. The summed E-state index contributed by atoms with van der Waals surface area (Å²) in [6.45, 7) is 5.30. The summed E-state index contributed by atoms with van der Waals surface area (Å²) >= 11 is 0. The Morgan fingerprint density at radius 1 is 1.44 bits per heavy atom. The van der Waals surface area contributed by atoms with Crippen molar-refractivity contribution in [3.8, 4) is 0 Å². The number of rotatable bonds is 5. The molecule has 0 heterocycles. The molecule has 0 amide bonds. The van der Waals surface area contributed by atoms with Gasteiger partial charge in [0, 0.05) is 25.8 Å². The maximum Gasteiger partial charge on any atom is 0.0528 e. The number of nitrogens with zero attached hydrogens (tertiary/aromatic N) is 1. The molecule has 3 heteroatoms. The molecule has 1 aromatic rings. The number of aryl methyl sites for hydroxylation is 1. The molecule has 0 saturated carbocycles. The van der Waals surface area contributed by atoms with Crippen molar-refractivity contribution in [3.05, 3.63) is 29.3 Å². The molecule has 3 N–H and O–H groups in total. The van der Waals surface area contributed by atoms with Gasteiger partial charge in [0.1, 0.15) is 0 Å². The van der Waals surface area contributed by atoms with Crippen LogP contribution in [0.4, 0.5) is 5.69 Å². The lowest BCUT2D eigenvalue weighted by molar-refractivity contribution is 0.187. The summed E-state index contributed by atoms with van der Waals surface area (Å²) in [6, 6.07) is 6.18. The summed E-state index contributed by atoms with van der Waals surface area (Å²) in [7, 11) is 2.05. The van der Waals surface area contributed by atoms with Crippen molar-refractivity contribution in [2.45, 2.75) is 32.9 Å². The summed E-state index contributed by atoms with van der Waals surface area (Å²) in [5.41, 5.74) is 9.33. The summed E-state index contributed by atoms with van der Waals surface area (Å²) in [4.78, 5) is 2.17. The van der Waals surface area contributed by atoms with E-state index >= 15 is 0 Å². The van der Waals surface area contributed by atoms with Gasteiger partial charge in [-0.15, -0.1) is 0 Å². The number of benzene rings is 1. The van der Waals surface area contributed by atoms with E-state index in [4.69, 9.17) is 5.73 Å². The van der Waals surface area contributed by atoms with Crippen molar-refractivity contribution in [2.24, 2.45) is 5.73 Å². The molecule has 1 rings (SSSR count). The smallest absolute Gasteiger partial charge is 0.0528 e. The van der Waals surface area contributed by atoms with E-state index in [-0.39, 0.29) is 6.10 Å². The summed E-state index contributed by atoms with van der Waals surface area (Å²) < 4.78 is 0. The molecule has 0 aliphatic carbocycles. The van der Waals surface area contributed by atoms with Crippen LogP contribution in [0.15, 0.2) is 18.2 Å². The normalized spacial score (nSPS) is 12.6. The molecule has 0 spiro atoms. The highest BCUT2D eigenvalue weighted by Crippen LogP contribution is 2.24. The fourth-order valence-corrected chi connectivity index (χ4v) is 1.92. The molecule has 1 atom stereocenters. The predicted octanol–water partition coefficient (Wildman–Crippen LogP) is 1.66. The molecule has 0 aliphatic heterocycles. The van der Waals surface area contributed by atoms with E-state index < -0.39 is 0 Å². The Kier molecular flexibility index (Phi) is 4.77. The molecule has 1 aromatic carbocycles. The molecule has 1 unspecified atom stereocenters. The maximum atomic E-state index is 9.29.